The number of aryl methyl sites for hydroxylation is 6. The fourth-order valence-electron chi connectivity index (χ4n) is 3.36. The molecule has 0 saturated heterocycles. The van der Waals surface area contributed by atoms with Gasteiger partial charge in [-0.3, -0.25) is 0 Å². The first kappa shape index (κ1) is 26.1. The summed E-state index contributed by atoms with van der Waals surface area (Å²) in [5.74, 6) is 0.473. The highest BCUT2D eigenvalue weighted by molar-refractivity contribution is 5.34. The molecule has 4 aromatic rings. The SMILES string of the molecule is CCc1ccc(C)cc1.Cc1ccc(C(C)c2ccc(C)cc2)cc1.Cc1ccc(C)cc1. The molecule has 0 fully saturated rings. The van der Waals surface area contributed by atoms with Crippen LogP contribution in [0.3, 0.4) is 0 Å². The van der Waals surface area contributed by atoms with Crippen LogP contribution < -0.4 is 0 Å². The lowest BCUT2D eigenvalue weighted by Crippen LogP contribution is -1.95. The van der Waals surface area contributed by atoms with Gasteiger partial charge in [0.05, 0.1) is 0 Å². The summed E-state index contributed by atoms with van der Waals surface area (Å²) >= 11 is 0. The standard InChI is InChI=1S/C16H18.C9H12.C8H10/c1-12-4-8-15(9-5-12)14(3)16-10-6-13(2)7-11-16;1-3-9-6-4-8(2)5-7-9;1-7-3-5-8(2)6-4-7/h4-11,14H,1-3H3;4-7H,3H2,1-2H3;3-6H,1-2H3. The molecule has 0 aliphatic heterocycles. The van der Waals surface area contributed by atoms with Crippen LogP contribution in [-0.4, -0.2) is 0 Å². The molecule has 0 aliphatic rings. The minimum atomic E-state index is 0.473. The van der Waals surface area contributed by atoms with Crippen LogP contribution in [0.1, 0.15) is 64.3 Å². The normalized spacial score (nSPS) is 10.1. The number of rotatable bonds is 3. The predicted octanol–water partition coefficient (Wildman–Crippen LogP) is 9.32. The van der Waals surface area contributed by atoms with E-state index in [4.69, 9.17) is 0 Å². The van der Waals surface area contributed by atoms with Gasteiger partial charge in [-0.25, -0.2) is 0 Å². The van der Waals surface area contributed by atoms with Crippen LogP contribution in [-0.2, 0) is 6.42 Å². The van der Waals surface area contributed by atoms with Crippen molar-refractivity contribution in [2.24, 2.45) is 0 Å². The maximum Gasteiger partial charge on any atom is 0.00610 e. The van der Waals surface area contributed by atoms with E-state index in [-0.39, 0.29) is 0 Å². The molecule has 4 aromatic carbocycles. The molecule has 0 aromatic heterocycles. The average molecular weight is 437 g/mol. The Labute approximate surface area is 202 Å². The van der Waals surface area contributed by atoms with Gasteiger partial charge in [0.25, 0.3) is 0 Å². The monoisotopic (exact) mass is 436 g/mol. The van der Waals surface area contributed by atoms with Crippen LogP contribution in [0.4, 0.5) is 0 Å². The smallest absolute Gasteiger partial charge is 0.00610 e. The van der Waals surface area contributed by atoms with Crippen molar-refractivity contribution in [2.75, 3.05) is 0 Å². The number of hydrogen-bond donors (Lipinski definition) is 0. The molecule has 0 heteroatoms. The average Bonchev–Trinajstić information content (AvgIpc) is 2.83. The summed E-state index contributed by atoms with van der Waals surface area (Å²) in [5.41, 5.74) is 10.8. The predicted molar refractivity (Wildman–Crippen MR) is 146 cm³/mol. The Morgan fingerprint density at radius 3 is 0.939 bits per heavy atom. The van der Waals surface area contributed by atoms with Crippen molar-refractivity contribution >= 4 is 0 Å². The molecule has 0 unspecified atom stereocenters. The largest absolute Gasteiger partial charge is 0.0613 e. The number of hydrogen-bond acceptors (Lipinski definition) is 0. The van der Waals surface area contributed by atoms with Gasteiger partial charge in [0, 0.05) is 5.92 Å². The van der Waals surface area contributed by atoms with E-state index < -0.39 is 0 Å². The highest BCUT2D eigenvalue weighted by Crippen LogP contribution is 2.24. The van der Waals surface area contributed by atoms with E-state index in [9.17, 15) is 0 Å². The maximum absolute atomic E-state index is 2.26. The second-order valence-electron chi connectivity index (χ2n) is 9.04. The van der Waals surface area contributed by atoms with Gasteiger partial charge >= 0.3 is 0 Å². The first-order valence-electron chi connectivity index (χ1n) is 12.0. The summed E-state index contributed by atoms with van der Waals surface area (Å²) in [6.07, 6.45) is 1.14. The molecule has 0 bridgehead atoms. The van der Waals surface area contributed by atoms with Crippen molar-refractivity contribution in [2.45, 2.75) is 60.8 Å². The van der Waals surface area contributed by atoms with Gasteiger partial charge in [-0.05, 0) is 57.7 Å². The molecular formula is C33H40. The van der Waals surface area contributed by atoms with Gasteiger partial charge < -0.3 is 0 Å². The van der Waals surface area contributed by atoms with Crippen LogP contribution in [0.5, 0.6) is 0 Å². The molecule has 0 atom stereocenters. The summed E-state index contributed by atoms with van der Waals surface area (Å²) < 4.78 is 0. The molecule has 0 saturated carbocycles. The zero-order chi connectivity index (χ0) is 24.2. The van der Waals surface area contributed by atoms with E-state index in [2.05, 4.69) is 146 Å². The van der Waals surface area contributed by atoms with Crippen LogP contribution in [0.25, 0.3) is 0 Å². The molecule has 172 valence electrons. The van der Waals surface area contributed by atoms with Crippen molar-refractivity contribution < 1.29 is 0 Å². The Kier molecular flexibility index (Phi) is 10.6. The highest BCUT2D eigenvalue weighted by Gasteiger charge is 2.07. The zero-order valence-corrected chi connectivity index (χ0v) is 21.5. The molecule has 0 radical (unpaired) electrons. The minimum Gasteiger partial charge on any atom is -0.0613 e. The molecule has 0 heterocycles. The topological polar surface area (TPSA) is 0 Å². The molecule has 0 nitrogen and oxygen atoms in total. The Hall–Kier alpha value is -3.12. The van der Waals surface area contributed by atoms with E-state index in [0.29, 0.717) is 5.92 Å². The minimum absolute atomic E-state index is 0.473. The van der Waals surface area contributed by atoms with Crippen LogP contribution in [0.2, 0.25) is 0 Å². The second-order valence-corrected chi connectivity index (χ2v) is 9.04. The summed E-state index contributed by atoms with van der Waals surface area (Å²) in [4.78, 5) is 0. The molecule has 0 amide bonds. The highest BCUT2D eigenvalue weighted by atomic mass is 14.1. The zero-order valence-electron chi connectivity index (χ0n) is 21.5. The summed E-state index contributed by atoms with van der Waals surface area (Å²) in [6, 6.07) is 34.7. The number of benzene rings is 4. The van der Waals surface area contributed by atoms with Crippen molar-refractivity contribution in [3.63, 3.8) is 0 Å². The van der Waals surface area contributed by atoms with E-state index in [0.717, 1.165) is 6.42 Å². The van der Waals surface area contributed by atoms with Gasteiger partial charge in [0.15, 0.2) is 0 Å². The van der Waals surface area contributed by atoms with Gasteiger partial charge in [-0.2, -0.15) is 0 Å². The van der Waals surface area contributed by atoms with Gasteiger partial charge in [-0.15, -0.1) is 0 Å². The third kappa shape index (κ3) is 9.49. The van der Waals surface area contributed by atoms with E-state index >= 15 is 0 Å². The van der Waals surface area contributed by atoms with Crippen molar-refractivity contribution in [1.29, 1.82) is 0 Å². The Bertz CT molecular complexity index is 984. The quantitative estimate of drug-likeness (QED) is 0.300. The summed E-state index contributed by atoms with van der Waals surface area (Å²) in [7, 11) is 0. The van der Waals surface area contributed by atoms with Crippen LogP contribution >= 0.6 is 0 Å². The Morgan fingerprint density at radius 1 is 0.424 bits per heavy atom. The van der Waals surface area contributed by atoms with Crippen LogP contribution in [0.15, 0.2) is 97.1 Å². The molecule has 4 rings (SSSR count). The lowest BCUT2D eigenvalue weighted by atomic mass is 9.92. The molecule has 0 spiro atoms. The third-order valence-electron chi connectivity index (χ3n) is 5.90. The molecule has 33 heavy (non-hydrogen) atoms. The van der Waals surface area contributed by atoms with E-state index in [1.807, 2.05) is 0 Å². The lowest BCUT2D eigenvalue weighted by molar-refractivity contribution is 0.920. The van der Waals surface area contributed by atoms with E-state index in [1.165, 1.54) is 44.5 Å². The first-order valence-corrected chi connectivity index (χ1v) is 12.0. The van der Waals surface area contributed by atoms with Crippen molar-refractivity contribution in [3.8, 4) is 0 Å². The van der Waals surface area contributed by atoms with Gasteiger partial charge in [0.2, 0.25) is 0 Å². The molecular weight excluding hydrogens is 396 g/mol. The van der Waals surface area contributed by atoms with Gasteiger partial charge in [-0.1, -0.05) is 139 Å². The van der Waals surface area contributed by atoms with Gasteiger partial charge in [0.1, 0.15) is 0 Å². The summed E-state index contributed by atoms with van der Waals surface area (Å²) in [6.45, 7) is 15.0. The van der Waals surface area contributed by atoms with E-state index in [1.54, 1.807) is 0 Å². The fraction of sp³-hybridized carbons (Fsp3) is 0.273. The lowest BCUT2D eigenvalue weighted by Gasteiger charge is -2.12. The van der Waals surface area contributed by atoms with Crippen LogP contribution in [0, 0.1) is 34.6 Å². The first-order chi connectivity index (χ1) is 15.8. The maximum atomic E-state index is 2.26. The Morgan fingerprint density at radius 2 is 0.667 bits per heavy atom. The molecule has 0 N–H and O–H groups in total. The third-order valence-corrected chi connectivity index (χ3v) is 5.90. The van der Waals surface area contributed by atoms with Crippen molar-refractivity contribution in [3.05, 3.63) is 142 Å². The second kappa shape index (κ2) is 13.4. The molecule has 0 aliphatic carbocycles. The summed E-state index contributed by atoms with van der Waals surface area (Å²) in [5, 5.41) is 0. The fourth-order valence-corrected chi connectivity index (χ4v) is 3.36. The van der Waals surface area contributed by atoms with Crippen molar-refractivity contribution in [1.82, 2.24) is 0 Å². The Balaban J connectivity index is 0.000000192.